The number of aromatic nitrogens is 3. The summed E-state index contributed by atoms with van der Waals surface area (Å²) in [6.07, 6.45) is 5.75. The van der Waals surface area contributed by atoms with Gasteiger partial charge in [-0.05, 0) is 47.6 Å². The average Bonchev–Trinajstić information content (AvgIpc) is 3.04. The van der Waals surface area contributed by atoms with E-state index in [4.69, 9.17) is 0 Å². The van der Waals surface area contributed by atoms with Gasteiger partial charge in [-0.2, -0.15) is 0 Å². The lowest BCUT2D eigenvalue weighted by Gasteiger charge is -2.06. The van der Waals surface area contributed by atoms with Crippen molar-refractivity contribution in [3.05, 3.63) is 88.8 Å². The maximum atomic E-state index is 13.0. The van der Waals surface area contributed by atoms with Crippen LogP contribution < -0.4 is 0 Å². The monoisotopic (exact) mass is 372 g/mol. The molecule has 1 N–H and O–H groups in total. The second kappa shape index (κ2) is 6.84. The van der Waals surface area contributed by atoms with Gasteiger partial charge < -0.3 is 5.11 Å². The molecule has 0 amide bonds. The maximum Gasteiger partial charge on any atom is 0.266 e. The molecule has 0 bridgehead atoms. The number of pyridine rings is 2. The third kappa shape index (κ3) is 2.73. The molecular weight excluding hydrogens is 360 g/mol. The van der Waals surface area contributed by atoms with E-state index in [0.29, 0.717) is 5.39 Å². The fraction of sp³-hybridized carbons (Fsp3) is 0. The highest BCUT2D eigenvalue weighted by Crippen LogP contribution is 2.35. The Bertz CT molecular complexity index is 1220. The number of benzene rings is 1. The predicted molar refractivity (Wildman–Crippen MR) is 101 cm³/mol. The molecule has 0 fully saturated rings. The Labute approximate surface area is 158 Å². The number of fused-ring (bicyclic) bond motifs is 1. The number of carbonyl (C=O) groups excluding carboxylic acids is 2. The Balaban J connectivity index is 1.99. The van der Waals surface area contributed by atoms with Gasteiger partial charge in [-0.3, -0.25) is 19.6 Å². The summed E-state index contributed by atoms with van der Waals surface area (Å²) in [6, 6.07) is 10.5. The minimum Gasteiger partial charge on any atom is -0.494 e. The first-order chi connectivity index (χ1) is 13.6. The van der Waals surface area contributed by atoms with Crippen molar-refractivity contribution in [2.24, 2.45) is 5.18 Å². The molecule has 28 heavy (non-hydrogen) atoms. The summed E-state index contributed by atoms with van der Waals surface area (Å²) in [5, 5.41) is 14.0. The SMILES string of the molecule is O=Nc1ccc2c(C(=O)c3cccnc3)c(O)n(C(=O)c3cccnc3)c2c1. The van der Waals surface area contributed by atoms with E-state index < -0.39 is 17.6 Å². The number of aromatic hydroxyl groups is 1. The molecule has 136 valence electrons. The van der Waals surface area contributed by atoms with Crippen LogP contribution in [0.5, 0.6) is 5.88 Å². The summed E-state index contributed by atoms with van der Waals surface area (Å²) in [7, 11) is 0. The van der Waals surface area contributed by atoms with Crippen molar-refractivity contribution in [2.45, 2.75) is 0 Å². The van der Waals surface area contributed by atoms with Crippen LogP contribution >= 0.6 is 0 Å². The van der Waals surface area contributed by atoms with Crippen molar-refractivity contribution >= 4 is 28.3 Å². The Kier molecular flexibility index (Phi) is 4.21. The second-order valence-corrected chi connectivity index (χ2v) is 5.94. The van der Waals surface area contributed by atoms with Crippen molar-refractivity contribution in [1.29, 1.82) is 0 Å². The van der Waals surface area contributed by atoms with Gasteiger partial charge in [0.1, 0.15) is 5.69 Å². The molecule has 0 aliphatic heterocycles. The molecule has 4 rings (SSSR count). The van der Waals surface area contributed by atoms with Gasteiger partial charge in [-0.15, -0.1) is 4.91 Å². The van der Waals surface area contributed by atoms with Crippen molar-refractivity contribution in [3.8, 4) is 5.88 Å². The van der Waals surface area contributed by atoms with Gasteiger partial charge >= 0.3 is 0 Å². The molecule has 4 aromatic rings. The highest BCUT2D eigenvalue weighted by Gasteiger charge is 2.27. The van der Waals surface area contributed by atoms with E-state index in [-0.39, 0.29) is 27.9 Å². The van der Waals surface area contributed by atoms with E-state index in [1.54, 1.807) is 18.2 Å². The minimum atomic E-state index is -0.594. The summed E-state index contributed by atoms with van der Waals surface area (Å²) < 4.78 is 0.977. The maximum absolute atomic E-state index is 13.0. The summed E-state index contributed by atoms with van der Waals surface area (Å²) in [5.74, 6) is -1.62. The third-order valence-corrected chi connectivity index (χ3v) is 4.29. The molecule has 8 nitrogen and oxygen atoms in total. The first kappa shape index (κ1) is 17.2. The lowest BCUT2D eigenvalue weighted by molar-refractivity contribution is 0.0956. The molecular formula is C20H12N4O4. The molecule has 0 unspecified atom stereocenters. The van der Waals surface area contributed by atoms with E-state index in [1.807, 2.05) is 0 Å². The van der Waals surface area contributed by atoms with Crippen LogP contribution in [0.2, 0.25) is 0 Å². The van der Waals surface area contributed by atoms with Crippen LogP contribution in [0.15, 0.2) is 72.4 Å². The Hall–Kier alpha value is -4.20. The normalized spacial score (nSPS) is 10.7. The largest absolute Gasteiger partial charge is 0.494 e. The summed E-state index contributed by atoms with van der Waals surface area (Å²) >= 11 is 0. The van der Waals surface area contributed by atoms with Crippen LogP contribution in [0.1, 0.15) is 26.3 Å². The molecule has 0 spiro atoms. The van der Waals surface area contributed by atoms with E-state index in [2.05, 4.69) is 15.1 Å². The van der Waals surface area contributed by atoms with Gasteiger partial charge in [0, 0.05) is 35.7 Å². The van der Waals surface area contributed by atoms with Gasteiger partial charge in [0.05, 0.1) is 16.6 Å². The van der Waals surface area contributed by atoms with Crippen molar-refractivity contribution < 1.29 is 14.7 Å². The first-order valence-electron chi connectivity index (χ1n) is 8.22. The number of hydrogen-bond donors (Lipinski definition) is 1. The Morgan fingerprint density at radius 3 is 2.25 bits per heavy atom. The highest BCUT2D eigenvalue weighted by atomic mass is 16.3. The second-order valence-electron chi connectivity index (χ2n) is 5.94. The van der Waals surface area contributed by atoms with E-state index >= 15 is 0 Å². The van der Waals surface area contributed by atoms with E-state index in [0.717, 1.165) is 4.57 Å². The summed E-state index contributed by atoms with van der Waals surface area (Å²) in [4.78, 5) is 44.7. The topological polar surface area (TPSA) is 115 Å². The molecule has 0 saturated heterocycles. The zero-order chi connectivity index (χ0) is 19.7. The molecule has 0 saturated carbocycles. The average molecular weight is 372 g/mol. The summed E-state index contributed by atoms with van der Waals surface area (Å²) in [6.45, 7) is 0. The number of hydrogen-bond acceptors (Lipinski definition) is 7. The molecule has 0 atom stereocenters. The van der Waals surface area contributed by atoms with Crippen LogP contribution in [-0.2, 0) is 0 Å². The van der Waals surface area contributed by atoms with Crippen LogP contribution in [-0.4, -0.2) is 31.3 Å². The lowest BCUT2D eigenvalue weighted by Crippen LogP contribution is -2.12. The molecule has 0 radical (unpaired) electrons. The van der Waals surface area contributed by atoms with Crippen LogP contribution in [0.25, 0.3) is 10.9 Å². The van der Waals surface area contributed by atoms with Crippen molar-refractivity contribution in [3.63, 3.8) is 0 Å². The van der Waals surface area contributed by atoms with Gasteiger partial charge in [0.2, 0.25) is 11.7 Å². The van der Waals surface area contributed by atoms with Crippen molar-refractivity contribution in [2.75, 3.05) is 0 Å². The number of rotatable bonds is 4. The molecule has 1 aromatic carbocycles. The summed E-state index contributed by atoms with van der Waals surface area (Å²) in [5.41, 5.74) is 0.654. The molecule has 3 aromatic heterocycles. The Morgan fingerprint density at radius 1 is 0.964 bits per heavy atom. The van der Waals surface area contributed by atoms with Gasteiger partial charge in [0.25, 0.3) is 5.91 Å². The van der Waals surface area contributed by atoms with Gasteiger partial charge in [0.15, 0.2) is 0 Å². The molecule has 8 heteroatoms. The highest BCUT2D eigenvalue weighted by molar-refractivity contribution is 6.20. The van der Waals surface area contributed by atoms with Crippen LogP contribution in [0.4, 0.5) is 5.69 Å². The van der Waals surface area contributed by atoms with Crippen LogP contribution in [0, 0.1) is 4.91 Å². The zero-order valence-corrected chi connectivity index (χ0v) is 14.3. The molecule has 0 aliphatic carbocycles. The third-order valence-electron chi connectivity index (χ3n) is 4.29. The van der Waals surface area contributed by atoms with Gasteiger partial charge in [-0.25, -0.2) is 4.57 Å². The molecule has 0 aliphatic rings. The molecule has 3 heterocycles. The quantitative estimate of drug-likeness (QED) is 0.433. The van der Waals surface area contributed by atoms with Crippen LogP contribution in [0.3, 0.4) is 0 Å². The van der Waals surface area contributed by atoms with E-state index in [1.165, 1.54) is 49.1 Å². The zero-order valence-electron chi connectivity index (χ0n) is 14.3. The number of nitroso groups, excluding NO2 is 1. The van der Waals surface area contributed by atoms with Crippen molar-refractivity contribution in [1.82, 2.24) is 14.5 Å². The fourth-order valence-corrected chi connectivity index (χ4v) is 3.01. The number of carbonyl (C=O) groups is 2. The predicted octanol–water partition coefficient (Wildman–Crippen LogP) is 3.45. The standard InChI is InChI=1S/C20H12N4O4/c25-18(12-3-1-7-21-10-12)17-15-6-5-14(23-28)9-16(15)24(20(17)27)19(26)13-4-2-8-22-11-13/h1-11,27H. The number of nitrogens with zero attached hydrogens (tertiary/aromatic N) is 4. The number of ketones is 1. The van der Waals surface area contributed by atoms with Gasteiger partial charge in [-0.1, -0.05) is 0 Å². The lowest BCUT2D eigenvalue weighted by atomic mass is 10.0. The minimum absolute atomic E-state index is 0.0577. The van der Waals surface area contributed by atoms with E-state index in [9.17, 15) is 19.6 Å². The Morgan fingerprint density at radius 2 is 1.64 bits per heavy atom. The fourth-order valence-electron chi connectivity index (χ4n) is 3.01. The smallest absolute Gasteiger partial charge is 0.266 e. The first-order valence-corrected chi connectivity index (χ1v) is 8.22.